The number of Topliss-reactive ketones (excluding diaryl/α,β-unsaturated/α-hetero) is 1. The Morgan fingerprint density at radius 2 is 1.87 bits per heavy atom. The van der Waals surface area contributed by atoms with E-state index in [9.17, 15) is 10.1 Å². The number of hydrogen-bond acceptors (Lipinski definition) is 3. The molecule has 1 unspecified atom stereocenters. The molecule has 0 bridgehead atoms. The molecule has 1 aromatic heterocycles. The summed E-state index contributed by atoms with van der Waals surface area (Å²) in [6, 6.07) is 21.1. The summed E-state index contributed by atoms with van der Waals surface area (Å²) in [6.07, 6.45) is 3.67. The highest BCUT2D eigenvalue weighted by Gasteiger charge is 2.50. The van der Waals surface area contributed by atoms with E-state index in [0.29, 0.717) is 0 Å². The van der Waals surface area contributed by atoms with E-state index in [1.54, 1.807) is 0 Å². The number of allylic oxidation sites excluding steroid dienone is 2. The maximum atomic E-state index is 12.6. The van der Waals surface area contributed by atoms with Gasteiger partial charge in [-0.15, -0.1) is 0 Å². The lowest BCUT2D eigenvalue weighted by Gasteiger charge is -2.44. The highest BCUT2D eigenvalue weighted by molar-refractivity contribution is 6.02. The van der Waals surface area contributed by atoms with E-state index >= 15 is 0 Å². The van der Waals surface area contributed by atoms with Crippen molar-refractivity contribution in [2.75, 3.05) is 0 Å². The second-order valence-corrected chi connectivity index (χ2v) is 8.96. The van der Waals surface area contributed by atoms with Crippen LogP contribution in [0.1, 0.15) is 37.5 Å². The van der Waals surface area contributed by atoms with Gasteiger partial charge in [0.15, 0.2) is 5.78 Å². The summed E-state index contributed by atoms with van der Waals surface area (Å²) in [7, 11) is 0. The third-order valence-electron chi connectivity index (χ3n) is 7.17. The highest BCUT2D eigenvalue weighted by Crippen LogP contribution is 2.50. The molecule has 2 aliphatic carbocycles. The molecule has 0 N–H and O–H groups in total. The number of carbonyl (C=O) groups is 1. The molecule has 0 radical (unpaired) electrons. The molecule has 5 rings (SSSR count). The first-order valence-corrected chi connectivity index (χ1v) is 10.9. The molecular weight excluding hydrogens is 382 g/mol. The molecular formula is C27H25N3O. The van der Waals surface area contributed by atoms with Gasteiger partial charge in [-0.05, 0) is 48.9 Å². The van der Waals surface area contributed by atoms with Crippen molar-refractivity contribution in [3.8, 4) is 22.9 Å². The fraction of sp³-hybridized carbons (Fsp3) is 0.296. The fourth-order valence-corrected chi connectivity index (χ4v) is 5.64. The Labute approximate surface area is 182 Å². The SMILES string of the molecule is Cc1nc2c(n1-c1cccc(-c3ccccc3)c1)CCC1[C@H](C)C(=O)C(C#N)=C[C@]21C. The van der Waals surface area contributed by atoms with Gasteiger partial charge in [-0.25, -0.2) is 4.98 Å². The summed E-state index contributed by atoms with van der Waals surface area (Å²) in [4.78, 5) is 17.6. The summed E-state index contributed by atoms with van der Waals surface area (Å²) in [5.74, 6) is 0.918. The Kier molecular flexibility index (Phi) is 4.44. The van der Waals surface area contributed by atoms with Crippen molar-refractivity contribution in [2.45, 2.75) is 39.0 Å². The third-order valence-corrected chi connectivity index (χ3v) is 7.17. The van der Waals surface area contributed by atoms with E-state index in [4.69, 9.17) is 4.98 Å². The van der Waals surface area contributed by atoms with Crippen LogP contribution in [0.25, 0.3) is 16.8 Å². The zero-order valence-electron chi connectivity index (χ0n) is 18.1. The molecule has 3 aromatic rings. The summed E-state index contributed by atoms with van der Waals surface area (Å²) in [6.45, 7) is 6.15. The molecule has 154 valence electrons. The lowest BCUT2D eigenvalue weighted by molar-refractivity contribution is -0.121. The van der Waals surface area contributed by atoms with Crippen molar-refractivity contribution < 1.29 is 4.79 Å². The number of benzene rings is 2. The van der Waals surface area contributed by atoms with Crippen LogP contribution in [-0.4, -0.2) is 15.3 Å². The van der Waals surface area contributed by atoms with Gasteiger partial charge in [0.25, 0.3) is 0 Å². The smallest absolute Gasteiger partial charge is 0.176 e. The minimum Gasteiger partial charge on any atom is -0.301 e. The second-order valence-electron chi connectivity index (χ2n) is 8.96. The first kappa shape index (κ1) is 19.5. The number of fused-ring (bicyclic) bond motifs is 3. The van der Waals surface area contributed by atoms with Crippen LogP contribution >= 0.6 is 0 Å². The molecule has 3 atom stereocenters. The van der Waals surface area contributed by atoms with Gasteiger partial charge in [-0.2, -0.15) is 5.26 Å². The summed E-state index contributed by atoms with van der Waals surface area (Å²) < 4.78 is 2.25. The van der Waals surface area contributed by atoms with E-state index in [1.807, 2.05) is 26.0 Å². The van der Waals surface area contributed by atoms with Crippen molar-refractivity contribution >= 4 is 5.78 Å². The molecule has 0 amide bonds. The average molecular weight is 408 g/mol. The number of aryl methyl sites for hydroxylation is 1. The average Bonchev–Trinajstić information content (AvgIpc) is 3.14. The predicted molar refractivity (Wildman–Crippen MR) is 121 cm³/mol. The number of carbonyl (C=O) groups excluding carboxylic acids is 1. The first-order valence-electron chi connectivity index (χ1n) is 10.9. The van der Waals surface area contributed by atoms with Crippen molar-refractivity contribution in [1.82, 2.24) is 9.55 Å². The van der Waals surface area contributed by atoms with Crippen molar-refractivity contribution in [3.63, 3.8) is 0 Å². The molecule has 0 fully saturated rings. The van der Waals surface area contributed by atoms with Crippen LogP contribution in [-0.2, 0) is 16.6 Å². The number of ketones is 1. The standard InChI is InChI=1S/C27H25N3O/c1-17-23-12-13-24-26(27(23,3)15-21(16-28)25(17)31)29-18(2)30(24)22-11-7-10-20(14-22)19-8-5-4-6-9-19/h4-11,14-15,17,23H,12-13H2,1-3H3/t17-,23?,27-/m0/s1. The van der Waals surface area contributed by atoms with Crippen LogP contribution in [0.2, 0.25) is 0 Å². The van der Waals surface area contributed by atoms with E-state index in [2.05, 4.69) is 66.1 Å². The summed E-state index contributed by atoms with van der Waals surface area (Å²) in [5.41, 5.74) is 5.53. The van der Waals surface area contributed by atoms with Crippen LogP contribution in [0.15, 0.2) is 66.2 Å². The zero-order valence-corrected chi connectivity index (χ0v) is 18.1. The molecule has 0 spiro atoms. The topological polar surface area (TPSA) is 58.7 Å². The number of imidazole rings is 1. The summed E-state index contributed by atoms with van der Waals surface area (Å²) in [5, 5.41) is 9.54. The van der Waals surface area contributed by atoms with Gasteiger partial charge in [0.1, 0.15) is 11.9 Å². The first-order chi connectivity index (χ1) is 14.9. The monoisotopic (exact) mass is 407 g/mol. The Morgan fingerprint density at radius 1 is 1.13 bits per heavy atom. The van der Waals surface area contributed by atoms with Gasteiger partial charge >= 0.3 is 0 Å². The minimum atomic E-state index is -0.404. The van der Waals surface area contributed by atoms with Crippen LogP contribution in [0, 0.1) is 30.1 Å². The minimum absolute atomic E-state index is 0.0276. The second kappa shape index (κ2) is 7.06. The van der Waals surface area contributed by atoms with Crippen LogP contribution in [0.3, 0.4) is 0 Å². The van der Waals surface area contributed by atoms with E-state index < -0.39 is 5.41 Å². The number of nitrogens with zero attached hydrogens (tertiary/aromatic N) is 3. The Bertz CT molecular complexity index is 1260. The van der Waals surface area contributed by atoms with Crippen molar-refractivity contribution in [1.29, 1.82) is 5.26 Å². The Hall–Kier alpha value is -3.45. The normalized spacial score (nSPS) is 24.7. The van der Waals surface area contributed by atoms with Crippen LogP contribution in [0.4, 0.5) is 0 Å². The van der Waals surface area contributed by atoms with Gasteiger partial charge in [0, 0.05) is 22.7 Å². The predicted octanol–water partition coefficient (Wildman–Crippen LogP) is 5.34. The fourth-order valence-electron chi connectivity index (χ4n) is 5.64. The molecule has 0 aliphatic heterocycles. The molecule has 31 heavy (non-hydrogen) atoms. The Balaban J connectivity index is 1.66. The summed E-state index contributed by atoms with van der Waals surface area (Å²) >= 11 is 0. The number of rotatable bonds is 2. The van der Waals surface area contributed by atoms with Crippen molar-refractivity contribution in [2.24, 2.45) is 11.8 Å². The quantitative estimate of drug-likeness (QED) is 0.576. The van der Waals surface area contributed by atoms with Gasteiger partial charge in [0.2, 0.25) is 0 Å². The van der Waals surface area contributed by atoms with E-state index in [1.165, 1.54) is 16.8 Å². The maximum Gasteiger partial charge on any atom is 0.176 e. The lowest BCUT2D eigenvalue weighted by atomic mass is 9.58. The van der Waals surface area contributed by atoms with E-state index in [0.717, 1.165) is 30.0 Å². The molecule has 4 nitrogen and oxygen atoms in total. The third kappa shape index (κ3) is 2.88. The lowest BCUT2D eigenvalue weighted by Crippen LogP contribution is -2.45. The molecule has 1 heterocycles. The molecule has 0 saturated carbocycles. The molecule has 4 heteroatoms. The van der Waals surface area contributed by atoms with E-state index in [-0.39, 0.29) is 23.2 Å². The molecule has 2 aromatic carbocycles. The van der Waals surface area contributed by atoms with Gasteiger partial charge < -0.3 is 4.57 Å². The highest BCUT2D eigenvalue weighted by atomic mass is 16.1. The number of hydrogen-bond donors (Lipinski definition) is 0. The van der Waals surface area contributed by atoms with Crippen LogP contribution < -0.4 is 0 Å². The van der Waals surface area contributed by atoms with Crippen molar-refractivity contribution in [3.05, 3.63) is 83.5 Å². The number of aromatic nitrogens is 2. The largest absolute Gasteiger partial charge is 0.301 e. The maximum absolute atomic E-state index is 12.6. The molecule has 2 aliphatic rings. The van der Waals surface area contributed by atoms with Crippen LogP contribution in [0.5, 0.6) is 0 Å². The Morgan fingerprint density at radius 3 is 2.61 bits per heavy atom. The van der Waals surface area contributed by atoms with Gasteiger partial charge in [-0.3, -0.25) is 4.79 Å². The number of nitriles is 1. The molecule has 0 saturated heterocycles. The zero-order chi connectivity index (χ0) is 21.8. The van der Waals surface area contributed by atoms with Gasteiger partial charge in [0.05, 0.1) is 11.3 Å². The van der Waals surface area contributed by atoms with Gasteiger partial charge in [-0.1, -0.05) is 62.4 Å².